The maximum Gasteiger partial charge on any atom is 0.407 e. The van der Waals surface area contributed by atoms with Crippen molar-refractivity contribution in [2.24, 2.45) is 10.9 Å². The number of aliphatic imine (C=N–C) groups is 1. The Morgan fingerprint density at radius 1 is 1.05 bits per heavy atom. The van der Waals surface area contributed by atoms with Gasteiger partial charge in [0.1, 0.15) is 18.7 Å². The zero-order valence-electron chi connectivity index (χ0n) is 22.6. The standard InChI is InChI=1S/C30H38N4O4/c1-5-20(17-31-4)32-28(35)26-15-10-16-34(26)29(36)27(19(2)3)33-30(37)38-18-25-23-13-8-6-11-21(23)22-12-7-9-14-24(22)25/h6-9,11-14,17,19-20,25-27H,5,10,15-16,18H2,1-4H3,(H,32,35)(H,33,37)/t20-,26-,27-/m0/s1. The third-order valence-corrected chi connectivity index (χ3v) is 7.48. The van der Waals surface area contributed by atoms with Crippen LogP contribution in [-0.4, -0.2) is 67.3 Å². The summed E-state index contributed by atoms with van der Waals surface area (Å²) in [4.78, 5) is 45.1. The van der Waals surface area contributed by atoms with Crippen LogP contribution < -0.4 is 10.6 Å². The van der Waals surface area contributed by atoms with Crippen LogP contribution in [0.4, 0.5) is 4.79 Å². The van der Waals surface area contributed by atoms with E-state index >= 15 is 0 Å². The predicted octanol–water partition coefficient (Wildman–Crippen LogP) is 4.14. The van der Waals surface area contributed by atoms with Gasteiger partial charge in [-0.15, -0.1) is 0 Å². The number of fused-ring (bicyclic) bond motifs is 3. The normalized spacial score (nSPS) is 18.2. The lowest BCUT2D eigenvalue weighted by Gasteiger charge is -2.31. The molecule has 2 N–H and O–H groups in total. The van der Waals surface area contributed by atoms with Crippen LogP contribution >= 0.6 is 0 Å². The largest absolute Gasteiger partial charge is 0.449 e. The first-order valence-corrected chi connectivity index (χ1v) is 13.5. The molecule has 0 bridgehead atoms. The molecule has 0 saturated carbocycles. The van der Waals surface area contributed by atoms with Gasteiger partial charge in [-0.25, -0.2) is 4.79 Å². The Labute approximate surface area is 224 Å². The van der Waals surface area contributed by atoms with Crippen LogP contribution in [0, 0.1) is 5.92 Å². The number of amides is 3. The molecule has 1 saturated heterocycles. The number of rotatable bonds is 9. The molecule has 8 nitrogen and oxygen atoms in total. The van der Waals surface area contributed by atoms with Crippen molar-refractivity contribution in [1.29, 1.82) is 0 Å². The van der Waals surface area contributed by atoms with E-state index in [0.717, 1.165) is 28.7 Å². The molecule has 1 aliphatic carbocycles. The Kier molecular flexibility index (Phi) is 8.81. The first kappa shape index (κ1) is 27.4. The zero-order valence-corrected chi connectivity index (χ0v) is 22.6. The lowest BCUT2D eigenvalue weighted by atomic mass is 9.98. The number of ether oxygens (including phenoxy) is 1. The summed E-state index contributed by atoms with van der Waals surface area (Å²) in [5.74, 6) is -0.691. The molecule has 1 heterocycles. The molecule has 2 aromatic carbocycles. The minimum atomic E-state index is -0.793. The third kappa shape index (κ3) is 5.74. The summed E-state index contributed by atoms with van der Waals surface area (Å²) in [6.07, 6.45) is 3.10. The molecule has 2 aromatic rings. The highest BCUT2D eigenvalue weighted by Crippen LogP contribution is 2.44. The van der Waals surface area contributed by atoms with Crippen molar-refractivity contribution in [3.63, 3.8) is 0 Å². The molecule has 0 radical (unpaired) electrons. The van der Waals surface area contributed by atoms with E-state index in [9.17, 15) is 14.4 Å². The highest BCUT2D eigenvalue weighted by atomic mass is 16.5. The summed E-state index contributed by atoms with van der Waals surface area (Å²) in [7, 11) is 1.67. The quantitative estimate of drug-likeness (QED) is 0.488. The number of alkyl carbamates (subject to hydrolysis) is 1. The molecule has 0 spiro atoms. The smallest absolute Gasteiger partial charge is 0.407 e. The van der Waals surface area contributed by atoms with Crippen LogP contribution in [-0.2, 0) is 14.3 Å². The van der Waals surface area contributed by atoms with Gasteiger partial charge in [-0.3, -0.25) is 14.6 Å². The van der Waals surface area contributed by atoms with Gasteiger partial charge in [-0.05, 0) is 47.4 Å². The van der Waals surface area contributed by atoms with Gasteiger partial charge in [-0.1, -0.05) is 69.3 Å². The fourth-order valence-electron chi connectivity index (χ4n) is 5.47. The Morgan fingerprint density at radius 3 is 2.26 bits per heavy atom. The highest BCUT2D eigenvalue weighted by Gasteiger charge is 2.39. The van der Waals surface area contributed by atoms with E-state index in [1.165, 1.54) is 0 Å². The number of hydrogen-bond acceptors (Lipinski definition) is 5. The summed E-state index contributed by atoms with van der Waals surface area (Å²) in [6, 6.07) is 14.8. The summed E-state index contributed by atoms with van der Waals surface area (Å²) >= 11 is 0. The Balaban J connectivity index is 1.40. The van der Waals surface area contributed by atoms with E-state index in [0.29, 0.717) is 19.4 Å². The van der Waals surface area contributed by atoms with Crippen LogP contribution in [0.15, 0.2) is 53.5 Å². The highest BCUT2D eigenvalue weighted by molar-refractivity contribution is 5.93. The van der Waals surface area contributed by atoms with Crippen LogP contribution in [0.2, 0.25) is 0 Å². The van der Waals surface area contributed by atoms with Gasteiger partial charge >= 0.3 is 6.09 Å². The summed E-state index contributed by atoms with van der Waals surface area (Å²) in [5, 5.41) is 5.77. The summed E-state index contributed by atoms with van der Waals surface area (Å²) < 4.78 is 5.69. The van der Waals surface area contributed by atoms with E-state index < -0.39 is 18.2 Å². The van der Waals surface area contributed by atoms with Crippen molar-refractivity contribution in [3.05, 3.63) is 59.7 Å². The Bertz CT molecular complexity index is 1150. The van der Waals surface area contributed by atoms with E-state index in [2.05, 4.69) is 39.9 Å². The molecule has 4 rings (SSSR count). The first-order chi connectivity index (χ1) is 18.3. The Morgan fingerprint density at radius 2 is 1.68 bits per heavy atom. The molecule has 0 unspecified atom stereocenters. The van der Waals surface area contributed by atoms with Gasteiger partial charge in [-0.2, -0.15) is 0 Å². The fraction of sp³-hybridized carbons (Fsp3) is 0.467. The molecule has 0 aromatic heterocycles. The summed E-state index contributed by atoms with van der Waals surface area (Å²) in [6.45, 7) is 6.37. The number of hydrogen-bond donors (Lipinski definition) is 2. The molecule has 1 fully saturated rings. The molecule has 38 heavy (non-hydrogen) atoms. The van der Waals surface area contributed by atoms with Gasteiger partial charge < -0.3 is 20.3 Å². The second-order valence-corrected chi connectivity index (χ2v) is 10.3. The maximum atomic E-state index is 13.6. The van der Waals surface area contributed by atoms with Crippen LogP contribution in [0.25, 0.3) is 11.1 Å². The third-order valence-electron chi connectivity index (χ3n) is 7.48. The molecule has 2 aliphatic rings. The summed E-state index contributed by atoms with van der Waals surface area (Å²) in [5.41, 5.74) is 4.56. The number of carbonyl (C=O) groups is 3. The number of carbonyl (C=O) groups excluding carboxylic acids is 3. The molecule has 202 valence electrons. The Hall–Kier alpha value is -3.68. The number of likely N-dealkylation sites (tertiary alicyclic amines) is 1. The number of nitrogens with zero attached hydrogens (tertiary/aromatic N) is 2. The lowest BCUT2D eigenvalue weighted by molar-refractivity contribution is -0.140. The molecular formula is C30H38N4O4. The van der Waals surface area contributed by atoms with Crippen LogP contribution in [0.5, 0.6) is 0 Å². The minimum absolute atomic E-state index is 0.0637. The maximum absolute atomic E-state index is 13.6. The van der Waals surface area contributed by atoms with Crippen molar-refractivity contribution in [3.8, 4) is 11.1 Å². The zero-order chi connectivity index (χ0) is 27.2. The average molecular weight is 519 g/mol. The number of nitrogens with one attached hydrogen (secondary N) is 2. The second-order valence-electron chi connectivity index (χ2n) is 10.3. The molecule has 1 aliphatic heterocycles. The average Bonchev–Trinajstić information content (AvgIpc) is 3.53. The van der Waals surface area contributed by atoms with Gasteiger partial charge in [0.05, 0.1) is 6.04 Å². The number of benzene rings is 2. The van der Waals surface area contributed by atoms with E-state index in [1.54, 1.807) is 18.2 Å². The second kappa shape index (κ2) is 12.2. The van der Waals surface area contributed by atoms with E-state index in [4.69, 9.17) is 4.74 Å². The monoisotopic (exact) mass is 518 g/mol. The fourth-order valence-corrected chi connectivity index (χ4v) is 5.47. The van der Waals surface area contributed by atoms with Crippen molar-refractivity contribution in [1.82, 2.24) is 15.5 Å². The molecular weight excluding hydrogens is 480 g/mol. The van der Waals surface area contributed by atoms with E-state index in [-0.39, 0.29) is 36.3 Å². The first-order valence-electron chi connectivity index (χ1n) is 13.5. The predicted molar refractivity (Wildman–Crippen MR) is 148 cm³/mol. The van der Waals surface area contributed by atoms with Crippen molar-refractivity contribution >= 4 is 24.1 Å². The molecule has 3 amide bonds. The van der Waals surface area contributed by atoms with Crippen molar-refractivity contribution in [2.75, 3.05) is 20.2 Å². The van der Waals surface area contributed by atoms with Gasteiger partial charge in [0.25, 0.3) is 0 Å². The minimum Gasteiger partial charge on any atom is -0.449 e. The lowest BCUT2D eigenvalue weighted by Crippen LogP contribution is -2.56. The van der Waals surface area contributed by atoms with Gasteiger partial charge in [0.15, 0.2) is 0 Å². The van der Waals surface area contributed by atoms with Crippen molar-refractivity contribution < 1.29 is 19.1 Å². The van der Waals surface area contributed by atoms with E-state index in [1.807, 2.05) is 45.0 Å². The van der Waals surface area contributed by atoms with Gasteiger partial charge in [0.2, 0.25) is 11.8 Å². The van der Waals surface area contributed by atoms with Crippen LogP contribution in [0.1, 0.15) is 57.1 Å². The van der Waals surface area contributed by atoms with Gasteiger partial charge in [0, 0.05) is 25.7 Å². The van der Waals surface area contributed by atoms with Crippen LogP contribution in [0.3, 0.4) is 0 Å². The van der Waals surface area contributed by atoms with Crippen molar-refractivity contribution in [2.45, 2.75) is 64.1 Å². The molecule has 3 atom stereocenters. The molecule has 8 heteroatoms. The SMILES string of the molecule is CC[C@@H](C=NC)NC(=O)[C@@H]1CCCN1C(=O)[C@@H](NC(=O)OCC1c2ccccc2-c2ccccc21)C(C)C. The topological polar surface area (TPSA) is 100 Å².